The van der Waals surface area contributed by atoms with Crippen molar-refractivity contribution in [2.45, 2.75) is 18.4 Å². The highest BCUT2D eigenvalue weighted by Gasteiger charge is 2.14. The van der Waals surface area contributed by atoms with Crippen molar-refractivity contribution in [3.05, 3.63) is 132 Å². The maximum absolute atomic E-state index is 2.33. The lowest BCUT2D eigenvalue weighted by molar-refractivity contribution is 0.836. The fourth-order valence-corrected chi connectivity index (χ4v) is 4.07. The molecule has 0 N–H and O–H groups in total. The van der Waals surface area contributed by atoms with Gasteiger partial charge in [-0.15, -0.1) is 0 Å². The number of rotatable bonds is 4. The summed E-state index contributed by atoms with van der Waals surface area (Å²) in [5.74, 6) is 0.731. The lowest BCUT2D eigenvalue weighted by atomic mass is 9.87. The highest BCUT2D eigenvalue weighted by atomic mass is 14.9. The van der Waals surface area contributed by atoms with Crippen molar-refractivity contribution in [3.63, 3.8) is 0 Å². The quantitative estimate of drug-likeness (QED) is 0.357. The summed E-state index contributed by atoms with van der Waals surface area (Å²) in [6.07, 6.45) is 11.5. The predicted octanol–water partition coefficient (Wildman–Crippen LogP) is 6.68. The van der Waals surface area contributed by atoms with Crippen molar-refractivity contribution in [3.8, 4) is 0 Å². The molecule has 0 unspecified atom stereocenters. The first-order valence-corrected chi connectivity index (χ1v) is 9.91. The van der Waals surface area contributed by atoms with E-state index in [1.807, 2.05) is 0 Å². The van der Waals surface area contributed by atoms with Gasteiger partial charge in [0.2, 0.25) is 0 Å². The SMILES string of the molecule is C1=CC(c2ccc3c(ccn3Cc3ccccc3)c2)C=CC1c1ccccc1. The van der Waals surface area contributed by atoms with Crippen molar-refractivity contribution < 1.29 is 0 Å². The Morgan fingerprint density at radius 3 is 1.96 bits per heavy atom. The summed E-state index contributed by atoms with van der Waals surface area (Å²) in [4.78, 5) is 0. The van der Waals surface area contributed by atoms with Crippen LogP contribution in [0.25, 0.3) is 10.9 Å². The molecular formula is C27H23N. The van der Waals surface area contributed by atoms with Crippen LogP contribution in [0.15, 0.2) is 115 Å². The molecule has 5 rings (SSSR count). The van der Waals surface area contributed by atoms with Crippen LogP contribution in [-0.4, -0.2) is 4.57 Å². The van der Waals surface area contributed by atoms with Crippen LogP contribution in [0.3, 0.4) is 0 Å². The summed E-state index contributed by atoms with van der Waals surface area (Å²) in [5.41, 5.74) is 5.32. The van der Waals surface area contributed by atoms with Crippen LogP contribution in [0, 0.1) is 0 Å². The molecule has 1 aliphatic rings. The molecule has 0 bridgehead atoms. The summed E-state index contributed by atoms with van der Waals surface area (Å²) >= 11 is 0. The third kappa shape index (κ3) is 3.32. The second-order valence-electron chi connectivity index (χ2n) is 7.48. The maximum Gasteiger partial charge on any atom is 0.0483 e. The number of nitrogens with zero attached hydrogens (tertiary/aromatic N) is 1. The Morgan fingerprint density at radius 2 is 1.25 bits per heavy atom. The van der Waals surface area contributed by atoms with Gasteiger partial charge in [-0.05, 0) is 40.3 Å². The molecule has 1 aromatic heterocycles. The van der Waals surface area contributed by atoms with Gasteiger partial charge >= 0.3 is 0 Å². The molecule has 0 radical (unpaired) electrons. The normalized spacial score (nSPS) is 18.6. The van der Waals surface area contributed by atoms with Crippen molar-refractivity contribution in [1.29, 1.82) is 0 Å². The van der Waals surface area contributed by atoms with E-state index in [0.29, 0.717) is 11.8 Å². The van der Waals surface area contributed by atoms with Crippen LogP contribution in [0.5, 0.6) is 0 Å². The van der Waals surface area contributed by atoms with Crippen molar-refractivity contribution in [2.75, 3.05) is 0 Å². The van der Waals surface area contributed by atoms with E-state index in [4.69, 9.17) is 0 Å². The molecule has 3 aromatic carbocycles. The first-order chi connectivity index (χ1) is 13.9. The van der Waals surface area contributed by atoms with Gasteiger partial charge in [-0.2, -0.15) is 0 Å². The first-order valence-electron chi connectivity index (χ1n) is 9.91. The van der Waals surface area contributed by atoms with Crippen LogP contribution >= 0.6 is 0 Å². The number of aromatic nitrogens is 1. The Labute approximate surface area is 166 Å². The zero-order valence-corrected chi connectivity index (χ0v) is 15.8. The number of fused-ring (bicyclic) bond motifs is 1. The predicted molar refractivity (Wildman–Crippen MR) is 118 cm³/mol. The molecule has 1 heteroatoms. The van der Waals surface area contributed by atoms with Gasteiger partial charge in [0, 0.05) is 30.1 Å². The largest absolute Gasteiger partial charge is 0.343 e. The van der Waals surface area contributed by atoms with Crippen molar-refractivity contribution in [2.24, 2.45) is 0 Å². The molecule has 0 amide bonds. The zero-order chi connectivity index (χ0) is 18.8. The standard InChI is InChI=1S/C27H23N/c1-3-7-21(8-4-1)20-28-18-17-26-19-25(15-16-27(26)28)24-13-11-23(12-14-24)22-9-5-2-6-10-22/h1-19,23-24H,20H2. The molecule has 4 aromatic rings. The number of benzene rings is 3. The van der Waals surface area contributed by atoms with E-state index >= 15 is 0 Å². The Kier molecular flexibility index (Phi) is 4.42. The van der Waals surface area contributed by atoms with Crippen molar-refractivity contribution in [1.82, 2.24) is 4.57 Å². The molecule has 0 saturated carbocycles. The van der Waals surface area contributed by atoms with E-state index in [2.05, 4.69) is 120 Å². The second kappa shape index (κ2) is 7.36. The molecule has 136 valence electrons. The van der Waals surface area contributed by atoms with Crippen LogP contribution in [0.2, 0.25) is 0 Å². The molecule has 0 aliphatic heterocycles. The van der Waals surface area contributed by atoms with Gasteiger partial charge in [-0.25, -0.2) is 0 Å². The van der Waals surface area contributed by atoms with Gasteiger partial charge in [0.05, 0.1) is 0 Å². The third-order valence-electron chi connectivity index (χ3n) is 5.61. The summed E-state index contributed by atoms with van der Waals surface area (Å²) < 4.78 is 2.33. The Morgan fingerprint density at radius 1 is 0.607 bits per heavy atom. The Bertz CT molecular complexity index is 1120. The van der Waals surface area contributed by atoms with Crippen LogP contribution in [-0.2, 0) is 6.54 Å². The molecule has 0 fully saturated rings. The average Bonchev–Trinajstić information content (AvgIpc) is 3.17. The number of hydrogen-bond donors (Lipinski definition) is 0. The van der Waals surface area contributed by atoms with E-state index in [9.17, 15) is 0 Å². The van der Waals surface area contributed by atoms with Gasteiger partial charge in [-0.1, -0.05) is 91.0 Å². The van der Waals surface area contributed by atoms with E-state index in [1.54, 1.807) is 0 Å². The molecule has 0 atom stereocenters. The van der Waals surface area contributed by atoms with E-state index in [-0.39, 0.29) is 0 Å². The van der Waals surface area contributed by atoms with Gasteiger partial charge in [0.25, 0.3) is 0 Å². The molecule has 0 spiro atoms. The third-order valence-corrected chi connectivity index (χ3v) is 5.61. The van der Waals surface area contributed by atoms with Gasteiger partial charge in [0.15, 0.2) is 0 Å². The Hall–Kier alpha value is -3.32. The van der Waals surface area contributed by atoms with Gasteiger partial charge < -0.3 is 4.57 Å². The molecule has 1 heterocycles. The highest BCUT2D eigenvalue weighted by Crippen LogP contribution is 2.31. The average molecular weight is 361 g/mol. The van der Waals surface area contributed by atoms with Crippen LogP contribution in [0.1, 0.15) is 28.5 Å². The van der Waals surface area contributed by atoms with E-state index in [1.165, 1.54) is 27.6 Å². The van der Waals surface area contributed by atoms with Gasteiger partial charge in [0.1, 0.15) is 0 Å². The summed E-state index contributed by atoms with van der Waals surface area (Å²) in [7, 11) is 0. The minimum Gasteiger partial charge on any atom is -0.343 e. The molecule has 1 nitrogen and oxygen atoms in total. The van der Waals surface area contributed by atoms with E-state index in [0.717, 1.165) is 6.54 Å². The minimum atomic E-state index is 0.349. The summed E-state index contributed by atoms with van der Waals surface area (Å²) in [6.45, 7) is 0.908. The highest BCUT2D eigenvalue weighted by molar-refractivity contribution is 5.81. The lowest BCUT2D eigenvalue weighted by Crippen LogP contribution is -2.01. The monoisotopic (exact) mass is 361 g/mol. The lowest BCUT2D eigenvalue weighted by Gasteiger charge is -2.18. The number of hydrogen-bond acceptors (Lipinski definition) is 0. The van der Waals surface area contributed by atoms with Gasteiger partial charge in [-0.3, -0.25) is 0 Å². The van der Waals surface area contributed by atoms with Crippen molar-refractivity contribution >= 4 is 10.9 Å². The van der Waals surface area contributed by atoms with E-state index < -0.39 is 0 Å². The molecule has 0 saturated heterocycles. The second-order valence-corrected chi connectivity index (χ2v) is 7.48. The Balaban J connectivity index is 1.37. The summed E-state index contributed by atoms with van der Waals surface area (Å²) in [5, 5.41) is 1.31. The topological polar surface area (TPSA) is 4.93 Å². The zero-order valence-electron chi connectivity index (χ0n) is 15.8. The molecular weight excluding hydrogens is 338 g/mol. The smallest absolute Gasteiger partial charge is 0.0483 e. The molecule has 28 heavy (non-hydrogen) atoms. The fourth-order valence-electron chi connectivity index (χ4n) is 4.07. The van der Waals surface area contributed by atoms with Crippen LogP contribution in [0.4, 0.5) is 0 Å². The minimum absolute atomic E-state index is 0.349. The maximum atomic E-state index is 2.33. The number of allylic oxidation sites excluding steroid dienone is 4. The first kappa shape index (κ1) is 16.8. The van der Waals surface area contributed by atoms with Crippen LogP contribution < -0.4 is 0 Å². The fraction of sp³-hybridized carbons (Fsp3) is 0.111. The molecule has 1 aliphatic carbocycles. The summed E-state index contributed by atoms with van der Waals surface area (Å²) in [6, 6.07) is 30.4.